The Hall–Kier alpha value is -2.31. The van der Waals surface area contributed by atoms with Gasteiger partial charge in [-0.1, -0.05) is 26.0 Å². The largest absolute Gasteiger partial charge is 0.381 e. The average Bonchev–Trinajstić information content (AvgIpc) is 3.22. The van der Waals surface area contributed by atoms with Crippen molar-refractivity contribution in [2.45, 2.75) is 45.6 Å². The summed E-state index contributed by atoms with van der Waals surface area (Å²) >= 11 is 0. The fraction of sp³-hybridized carbons (Fsp3) is 0.542. The second-order valence-corrected chi connectivity index (χ2v) is 9.28. The molecule has 2 saturated heterocycles. The van der Waals surface area contributed by atoms with E-state index in [1.165, 1.54) is 0 Å². The number of hydrogen-bond acceptors (Lipinski definition) is 6. The van der Waals surface area contributed by atoms with Crippen LogP contribution in [0.1, 0.15) is 50.1 Å². The van der Waals surface area contributed by atoms with Gasteiger partial charge in [0.2, 0.25) is 0 Å². The maximum Gasteiger partial charge on any atom is 0.162 e. The molecule has 0 aromatic carbocycles. The van der Waals surface area contributed by atoms with Crippen LogP contribution < -0.4 is 4.90 Å². The SMILES string of the molecule is C[C@@H]1COCCN1c1cc(C2COCCC2(C)C)nc(-c2ccnc3c2C=CC3)n1. The third kappa shape index (κ3) is 3.52. The van der Waals surface area contributed by atoms with Gasteiger partial charge in [0.05, 0.1) is 37.3 Å². The first-order valence-corrected chi connectivity index (χ1v) is 11.0. The van der Waals surface area contributed by atoms with Crippen LogP contribution in [0.15, 0.2) is 24.4 Å². The zero-order chi connectivity index (χ0) is 20.7. The zero-order valence-electron chi connectivity index (χ0n) is 18.1. The molecular formula is C24H30N4O2. The maximum atomic E-state index is 5.88. The van der Waals surface area contributed by atoms with Crippen molar-refractivity contribution in [1.29, 1.82) is 0 Å². The third-order valence-electron chi connectivity index (χ3n) is 6.78. The molecule has 30 heavy (non-hydrogen) atoms. The number of fused-ring (bicyclic) bond motifs is 1. The van der Waals surface area contributed by atoms with E-state index in [1.807, 2.05) is 12.3 Å². The lowest BCUT2D eigenvalue weighted by Crippen LogP contribution is -2.44. The van der Waals surface area contributed by atoms with Gasteiger partial charge < -0.3 is 14.4 Å². The lowest BCUT2D eigenvalue weighted by Gasteiger charge is -2.39. The highest BCUT2D eigenvalue weighted by Crippen LogP contribution is 2.42. The molecule has 1 aliphatic carbocycles. The van der Waals surface area contributed by atoms with Gasteiger partial charge in [-0.15, -0.1) is 0 Å². The molecule has 2 aromatic heterocycles. The fourth-order valence-corrected chi connectivity index (χ4v) is 4.74. The van der Waals surface area contributed by atoms with Gasteiger partial charge in [0.25, 0.3) is 0 Å². The van der Waals surface area contributed by atoms with E-state index in [0.29, 0.717) is 6.61 Å². The van der Waals surface area contributed by atoms with E-state index in [2.05, 4.69) is 48.9 Å². The Morgan fingerprint density at radius 2 is 2.00 bits per heavy atom. The minimum atomic E-state index is 0.137. The molecule has 3 aliphatic rings. The van der Waals surface area contributed by atoms with E-state index in [9.17, 15) is 0 Å². The monoisotopic (exact) mass is 406 g/mol. The van der Waals surface area contributed by atoms with E-state index < -0.39 is 0 Å². The van der Waals surface area contributed by atoms with Crippen molar-refractivity contribution in [3.63, 3.8) is 0 Å². The third-order valence-corrected chi connectivity index (χ3v) is 6.78. The van der Waals surface area contributed by atoms with E-state index >= 15 is 0 Å². The van der Waals surface area contributed by atoms with E-state index in [0.717, 1.165) is 73.4 Å². The highest BCUT2D eigenvalue weighted by atomic mass is 16.5. The number of morpholine rings is 1. The Bertz CT molecular complexity index is 972. The Morgan fingerprint density at radius 1 is 1.13 bits per heavy atom. The summed E-state index contributed by atoms with van der Waals surface area (Å²) in [6.45, 7) is 10.7. The molecule has 6 heteroatoms. The summed E-state index contributed by atoms with van der Waals surface area (Å²) in [7, 11) is 0. The molecule has 2 atom stereocenters. The molecule has 0 saturated carbocycles. The highest BCUT2D eigenvalue weighted by Gasteiger charge is 2.36. The van der Waals surface area contributed by atoms with Crippen molar-refractivity contribution in [2.24, 2.45) is 5.41 Å². The number of rotatable bonds is 3. The summed E-state index contributed by atoms with van der Waals surface area (Å²) in [4.78, 5) is 17.1. The molecule has 1 unspecified atom stereocenters. The first-order valence-electron chi connectivity index (χ1n) is 11.0. The van der Waals surface area contributed by atoms with Gasteiger partial charge in [-0.2, -0.15) is 0 Å². The van der Waals surface area contributed by atoms with Crippen LogP contribution in [-0.2, 0) is 15.9 Å². The van der Waals surface area contributed by atoms with Crippen LogP contribution in [0.4, 0.5) is 5.82 Å². The number of allylic oxidation sites excluding steroid dienone is 1. The van der Waals surface area contributed by atoms with E-state index in [1.54, 1.807) is 0 Å². The number of pyridine rings is 1. The highest BCUT2D eigenvalue weighted by molar-refractivity contribution is 5.75. The van der Waals surface area contributed by atoms with Gasteiger partial charge in [-0.25, -0.2) is 9.97 Å². The molecule has 0 N–H and O–H groups in total. The molecule has 2 fully saturated rings. The predicted molar refractivity (Wildman–Crippen MR) is 118 cm³/mol. The van der Waals surface area contributed by atoms with Gasteiger partial charge in [-0.3, -0.25) is 4.98 Å². The van der Waals surface area contributed by atoms with Gasteiger partial charge in [0.15, 0.2) is 5.82 Å². The fourth-order valence-electron chi connectivity index (χ4n) is 4.74. The molecule has 158 valence electrons. The molecule has 2 aromatic rings. The van der Waals surface area contributed by atoms with Crippen molar-refractivity contribution in [2.75, 3.05) is 37.9 Å². The molecule has 4 heterocycles. The zero-order valence-corrected chi connectivity index (χ0v) is 18.1. The van der Waals surface area contributed by atoms with Crippen molar-refractivity contribution in [3.05, 3.63) is 41.4 Å². The Morgan fingerprint density at radius 3 is 2.83 bits per heavy atom. The molecule has 0 radical (unpaired) electrons. The summed E-state index contributed by atoms with van der Waals surface area (Å²) in [5.41, 5.74) is 4.52. The van der Waals surface area contributed by atoms with Crippen LogP contribution in [0.3, 0.4) is 0 Å². The molecule has 0 amide bonds. The van der Waals surface area contributed by atoms with E-state index in [-0.39, 0.29) is 17.4 Å². The van der Waals surface area contributed by atoms with Gasteiger partial charge >= 0.3 is 0 Å². The van der Waals surface area contributed by atoms with Gasteiger partial charge in [0, 0.05) is 48.9 Å². The molecule has 0 bridgehead atoms. The van der Waals surface area contributed by atoms with Gasteiger partial charge in [0.1, 0.15) is 5.82 Å². The summed E-state index contributed by atoms with van der Waals surface area (Å²) in [6, 6.07) is 4.51. The topological polar surface area (TPSA) is 60.4 Å². The lowest BCUT2D eigenvalue weighted by molar-refractivity contribution is 0.00889. The maximum absolute atomic E-state index is 5.88. The van der Waals surface area contributed by atoms with Crippen LogP contribution in [-0.4, -0.2) is 54.0 Å². The van der Waals surface area contributed by atoms with Crippen LogP contribution in [0.25, 0.3) is 17.5 Å². The number of aromatic nitrogens is 3. The number of hydrogen-bond donors (Lipinski definition) is 0. The second kappa shape index (κ2) is 7.75. The molecule has 6 nitrogen and oxygen atoms in total. The Balaban J connectivity index is 1.64. The van der Waals surface area contributed by atoms with E-state index in [4.69, 9.17) is 19.4 Å². The molecule has 5 rings (SSSR count). The lowest BCUT2D eigenvalue weighted by atomic mass is 9.73. The summed E-state index contributed by atoms with van der Waals surface area (Å²) in [5, 5.41) is 0. The van der Waals surface area contributed by atoms with Crippen LogP contribution in [0.5, 0.6) is 0 Å². The van der Waals surface area contributed by atoms with Crippen molar-refractivity contribution < 1.29 is 9.47 Å². The predicted octanol–water partition coefficient (Wildman–Crippen LogP) is 3.86. The number of anilines is 1. The number of nitrogens with zero attached hydrogens (tertiary/aromatic N) is 4. The van der Waals surface area contributed by atoms with Gasteiger partial charge in [-0.05, 0) is 24.8 Å². The van der Waals surface area contributed by atoms with Crippen molar-refractivity contribution >= 4 is 11.9 Å². The minimum absolute atomic E-state index is 0.137. The average molecular weight is 407 g/mol. The summed E-state index contributed by atoms with van der Waals surface area (Å²) < 4.78 is 11.5. The standard InChI is InChI=1S/C24H30N4O2/c1-16-14-30-12-10-28(16)22-13-21(19-15-29-11-8-24(19,2)3)26-23(27-22)18-7-9-25-20-6-4-5-17(18)20/h4-5,7,9,13,16,19H,6,8,10-12,14-15H2,1-3H3/t16-,19?/m1/s1. The molecular weight excluding hydrogens is 376 g/mol. The Labute approximate surface area is 178 Å². The summed E-state index contributed by atoms with van der Waals surface area (Å²) in [6.07, 6.45) is 8.10. The second-order valence-electron chi connectivity index (χ2n) is 9.28. The minimum Gasteiger partial charge on any atom is -0.381 e. The number of ether oxygens (including phenoxy) is 2. The molecule has 2 aliphatic heterocycles. The van der Waals surface area contributed by atoms with Crippen molar-refractivity contribution in [3.8, 4) is 11.4 Å². The quantitative estimate of drug-likeness (QED) is 0.771. The smallest absolute Gasteiger partial charge is 0.162 e. The Kier molecular flexibility index (Phi) is 5.07. The normalized spacial score (nSPS) is 25.4. The molecule has 0 spiro atoms. The first-order chi connectivity index (χ1) is 14.5. The summed E-state index contributed by atoms with van der Waals surface area (Å²) in [5.74, 6) is 2.01. The van der Waals surface area contributed by atoms with Crippen LogP contribution in [0.2, 0.25) is 0 Å². The van der Waals surface area contributed by atoms with Crippen molar-refractivity contribution in [1.82, 2.24) is 15.0 Å². The van der Waals surface area contributed by atoms with Crippen LogP contribution in [0, 0.1) is 5.41 Å². The first kappa shape index (κ1) is 19.6. The van der Waals surface area contributed by atoms with Crippen LogP contribution >= 0.6 is 0 Å².